The maximum atomic E-state index is 10.3. The smallest absolute Gasteiger partial charge is 0.336 e. The fraction of sp³-hybridized carbons (Fsp3) is 0. The standard InChI is InChI=1S/C8H4O4/c9-7(10)5-2-1-3-6(4-5)8(11)12/h2-3H,(H,9,10)(H,11,12). The van der Waals surface area contributed by atoms with Gasteiger partial charge in [0.2, 0.25) is 0 Å². The van der Waals surface area contributed by atoms with E-state index in [4.69, 9.17) is 10.2 Å². The lowest BCUT2D eigenvalue weighted by atomic mass is 10.1. The van der Waals surface area contributed by atoms with E-state index in [-0.39, 0.29) is 11.1 Å². The molecule has 0 fully saturated rings. The van der Waals surface area contributed by atoms with Crippen molar-refractivity contribution in [2.45, 2.75) is 0 Å². The fourth-order valence-electron chi connectivity index (χ4n) is 0.656. The average molecular weight is 164 g/mol. The van der Waals surface area contributed by atoms with E-state index in [0.717, 1.165) is 12.1 Å². The average Bonchev–Trinajstić information content (AvgIpc) is 2.04. The molecular weight excluding hydrogens is 160 g/mol. The first-order chi connectivity index (χ1) is 5.61. The van der Waals surface area contributed by atoms with Gasteiger partial charge in [0.05, 0.1) is 11.1 Å². The van der Waals surface area contributed by atoms with Crippen LogP contribution < -0.4 is 0 Å². The van der Waals surface area contributed by atoms with Crippen LogP contribution in [0.25, 0.3) is 0 Å². The lowest BCUT2D eigenvalue weighted by Gasteiger charge is -1.94. The Hall–Kier alpha value is -1.84. The topological polar surface area (TPSA) is 74.6 Å². The zero-order valence-electron chi connectivity index (χ0n) is 5.87. The Morgan fingerprint density at radius 3 is 1.83 bits per heavy atom. The molecule has 0 amide bonds. The minimum Gasteiger partial charge on any atom is -0.478 e. The zero-order chi connectivity index (χ0) is 9.14. The maximum Gasteiger partial charge on any atom is 0.336 e. The van der Waals surface area contributed by atoms with Gasteiger partial charge in [-0.15, -0.1) is 0 Å². The van der Waals surface area contributed by atoms with Gasteiger partial charge in [0.1, 0.15) is 0 Å². The van der Waals surface area contributed by atoms with Gasteiger partial charge in [0.25, 0.3) is 0 Å². The van der Waals surface area contributed by atoms with Gasteiger partial charge in [-0.25, -0.2) is 9.59 Å². The molecule has 1 aromatic rings. The second-order valence-corrected chi connectivity index (χ2v) is 2.02. The number of carboxylic acids is 2. The van der Waals surface area contributed by atoms with E-state index in [9.17, 15) is 9.59 Å². The van der Waals surface area contributed by atoms with E-state index in [1.807, 2.05) is 0 Å². The maximum absolute atomic E-state index is 10.3. The molecule has 0 saturated carbocycles. The number of aromatic carboxylic acids is 2. The number of carboxylic acid groups (broad SMARTS) is 2. The quantitative estimate of drug-likeness (QED) is 0.674. The van der Waals surface area contributed by atoms with E-state index < -0.39 is 11.9 Å². The molecule has 0 bridgehead atoms. The highest BCUT2D eigenvalue weighted by molar-refractivity contribution is 5.92. The molecule has 0 heterocycles. The molecule has 60 valence electrons. The van der Waals surface area contributed by atoms with Crippen molar-refractivity contribution in [3.8, 4) is 0 Å². The Morgan fingerprint density at radius 2 is 1.50 bits per heavy atom. The minimum absolute atomic E-state index is 0.199. The molecule has 12 heavy (non-hydrogen) atoms. The molecular formula is C8H4O4. The van der Waals surface area contributed by atoms with Crippen LogP contribution in [0.3, 0.4) is 0 Å². The molecule has 0 atom stereocenters. The summed E-state index contributed by atoms with van der Waals surface area (Å²) >= 11 is 0. The molecule has 0 aromatic heterocycles. The number of hydrogen-bond acceptors (Lipinski definition) is 2. The molecule has 1 aromatic carbocycles. The monoisotopic (exact) mass is 164 g/mol. The van der Waals surface area contributed by atoms with Gasteiger partial charge < -0.3 is 10.2 Å². The summed E-state index contributed by atoms with van der Waals surface area (Å²) in [5.74, 6) is -2.43. The number of hydrogen-bond donors (Lipinski definition) is 2. The molecule has 4 heteroatoms. The van der Waals surface area contributed by atoms with Crippen molar-refractivity contribution in [2.24, 2.45) is 0 Å². The van der Waals surface area contributed by atoms with Crippen LogP contribution in [0.15, 0.2) is 12.1 Å². The van der Waals surface area contributed by atoms with Gasteiger partial charge in [0.15, 0.2) is 0 Å². The highest BCUT2D eigenvalue weighted by atomic mass is 16.4. The van der Waals surface area contributed by atoms with Gasteiger partial charge in [0, 0.05) is 6.07 Å². The normalized spacial score (nSPS) is 9.33. The van der Waals surface area contributed by atoms with Gasteiger partial charge in [-0.2, -0.15) is 0 Å². The second-order valence-electron chi connectivity index (χ2n) is 2.02. The first-order valence-corrected chi connectivity index (χ1v) is 3.01. The Kier molecular flexibility index (Phi) is 2.09. The first-order valence-electron chi connectivity index (χ1n) is 3.01. The van der Waals surface area contributed by atoms with Crippen molar-refractivity contribution >= 4 is 11.9 Å². The van der Waals surface area contributed by atoms with Gasteiger partial charge >= 0.3 is 11.9 Å². The molecule has 0 spiro atoms. The first kappa shape index (κ1) is 8.26. The molecule has 4 nitrogen and oxygen atoms in total. The van der Waals surface area contributed by atoms with Crippen molar-refractivity contribution in [2.75, 3.05) is 0 Å². The largest absolute Gasteiger partial charge is 0.478 e. The van der Waals surface area contributed by atoms with Crippen molar-refractivity contribution in [1.82, 2.24) is 0 Å². The van der Waals surface area contributed by atoms with Crippen LogP contribution in [0.5, 0.6) is 0 Å². The van der Waals surface area contributed by atoms with Crippen LogP contribution in [0.1, 0.15) is 20.7 Å². The van der Waals surface area contributed by atoms with E-state index in [0.29, 0.717) is 0 Å². The Morgan fingerprint density at radius 1 is 1.08 bits per heavy atom. The fourth-order valence-corrected chi connectivity index (χ4v) is 0.656. The molecule has 0 aliphatic rings. The predicted octanol–water partition coefficient (Wildman–Crippen LogP) is 0.683. The summed E-state index contributed by atoms with van der Waals surface area (Å²) in [5.41, 5.74) is -0.398. The van der Waals surface area contributed by atoms with Crippen LogP contribution >= 0.6 is 0 Å². The number of carbonyl (C=O) groups is 2. The Balaban J connectivity index is 3.12. The SMILES string of the molecule is O=C(O)c1[c]c(C(=O)O)c[c]c1. The summed E-state index contributed by atoms with van der Waals surface area (Å²) < 4.78 is 0. The van der Waals surface area contributed by atoms with Crippen LogP contribution in [0, 0.1) is 12.1 Å². The lowest BCUT2D eigenvalue weighted by Crippen LogP contribution is -2.01. The number of rotatable bonds is 2. The van der Waals surface area contributed by atoms with E-state index in [1.165, 1.54) is 0 Å². The van der Waals surface area contributed by atoms with Crippen LogP contribution in [0.2, 0.25) is 0 Å². The van der Waals surface area contributed by atoms with Crippen LogP contribution in [0.4, 0.5) is 0 Å². The van der Waals surface area contributed by atoms with E-state index in [1.54, 1.807) is 0 Å². The molecule has 0 saturated heterocycles. The highest BCUT2D eigenvalue weighted by Gasteiger charge is 2.07. The summed E-state index contributed by atoms with van der Waals surface area (Å²) in [7, 11) is 0. The minimum atomic E-state index is -1.21. The van der Waals surface area contributed by atoms with Crippen molar-refractivity contribution in [1.29, 1.82) is 0 Å². The van der Waals surface area contributed by atoms with Crippen LogP contribution in [-0.2, 0) is 0 Å². The lowest BCUT2D eigenvalue weighted by molar-refractivity contribution is 0.0696. The Labute approximate surface area is 68.1 Å². The molecule has 1 rings (SSSR count). The van der Waals surface area contributed by atoms with Crippen molar-refractivity contribution < 1.29 is 19.8 Å². The predicted molar refractivity (Wildman–Crippen MR) is 38.0 cm³/mol. The molecule has 0 unspecified atom stereocenters. The summed E-state index contributed by atoms with van der Waals surface area (Å²) in [5, 5.41) is 16.9. The van der Waals surface area contributed by atoms with Gasteiger partial charge in [-0.1, -0.05) is 0 Å². The van der Waals surface area contributed by atoms with Gasteiger partial charge in [-0.05, 0) is 18.2 Å². The molecule has 0 aliphatic heterocycles. The third-order valence-corrected chi connectivity index (χ3v) is 1.19. The molecule has 2 radical (unpaired) electrons. The molecule has 2 N–H and O–H groups in total. The summed E-state index contributed by atoms with van der Waals surface area (Å²) in [6.07, 6.45) is 0. The molecule has 0 aliphatic carbocycles. The van der Waals surface area contributed by atoms with E-state index in [2.05, 4.69) is 12.1 Å². The van der Waals surface area contributed by atoms with Crippen molar-refractivity contribution in [3.05, 3.63) is 35.4 Å². The van der Waals surface area contributed by atoms with Gasteiger partial charge in [-0.3, -0.25) is 0 Å². The van der Waals surface area contributed by atoms with E-state index >= 15 is 0 Å². The third-order valence-electron chi connectivity index (χ3n) is 1.19. The van der Waals surface area contributed by atoms with Crippen molar-refractivity contribution in [3.63, 3.8) is 0 Å². The third kappa shape index (κ3) is 1.60. The number of benzene rings is 1. The zero-order valence-corrected chi connectivity index (χ0v) is 5.87. The summed E-state index contributed by atoms with van der Waals surface area (Å²) in [6.45, 7) is 0. The summed E-state index contributed by atoms with van der Waals surface area (Å²) in [6, 6.07) is 6.94. The Bertz CT molecular complexity index is 300. The highest BCUT2D eigenvalue weighted by Crippen LogP contribution is 2.02. The summed E-state index contributed by atoms with van der Waals surface area (Å²) in [4.78, 5) is 20.7. The van der Waals surface area contributed by atoms with Crippen LogP contribution in [-0.4, -0.2) is 22.2 Å². The second kappa shape index (κ2) is 3.04.